The van der Waals surface area contributed by atoms with Crippen molar-refractivity contribution in [2.75, 3.05) is 26.2 Å². The number of benzene rings is 1. The summed E-state index contributed by atoms with van der Waals surface area (Å²) in [6.07, 6.45) is 4.16. The van der Waals surface area contributed by atoms with Crippen LogP contribution in [0.5, 0.6) is 0 Å². The molecule has 0 aromatic heterocycles. The van der Waals surface area contributed by atoms with Gasteiger partial charge in [-0.05, 0) is 43.3 Å². The Bertz CT molecular complexity index is 420. The lowest BCUT2D eigenvalue weighted by atomic mass is 10.1. The molecule has 0 aliphatic heterocycles. The van der Waals surface area contributed by atoms with E-state index in [1.54, 1.807) is 0 Å². The van der Waals surface area contributed by atoms with Crippen molar-refractivity contribution in [3.8, 4) is 0 Å². The number of hydrogen-bond acceptors (Lipinski definition) is 2. The normalized spacial score (nSPS) is 26.8. The molecule has 1 aromatic rings. The number of nitrogens with one attached hydrogen (secondary N) is 1. The van der Waals surface area contributed by atoms with Gasteiger partial charge in [0.05, 0.1) is 0 Å². The average molecular weight is 272 g/mol. The minimum Gasteiger partial charge on any atom is -0.313 e. The maximum absolute atomic E-state index is 3.83. The van der Waals surface area contributed by atoms with Gasteiger partial charge in [0.15, 0.2) is 0 Å². The molecule has 0 bridgehead atoms. The zero-order valence-electron chi connectivity index (χ0n) is 12.9. The summed E-state index contributed by atoms with van der Waals surface area (Å²) in [6.45, 7) is 9.44. The molecule has 0 heterocycles. The molecule has 20 heavy (non-hydrogen) atoms. The third-order valence-corrected chi connectivity index (χ3v) is 5.17. The van der Waals surface area contributed by atoms with Gasteiger partial charge in [-0.1, -0.05) is 44.2 Å². The average Bonchev–Trinajstić information content (AvgIpc) is 3.40. The Hall–Kier alpha value is -0.860. The molecule has 1 N–H and O–H groups in total. The maximum Gasteiger partial charge on any atom is 0.0143 e. The highest BCUT2D eigenvalue weighted by Gasteiger charge is 2.46. The Labute approximate surface area is 123 Å². The van der Waals surface area contributed by atoms with Crippen molar-refractivity contribution >= 4 is 0 Å². The van der Waals surface area contributed by atoms with Crippen LogP contribution in [0.15, 0.2) is 30.3 Å². The predicted molar refractivity (Wildman–Crippen MR) is 85.0 cm³/mol. The molecule has 2 aliphatic rings. The Balaban J connectivity index is 1.45. The van der Waals surface area contributed by atoms with Gasteiger partial charge in [-0.3, -0.25) is 0 Å². The van der Waals surface area contributed by atoms with Crippen molar-refractivity contribution in [3.63, 3.8) is 0 Å². The number of hydrogen-bond donors (Lipinski definition) is 1. The van der Waals surface area contributed by atoms with Crippen LogP contribution in [0.4, 0.5) is 0 Å². The maximum atomic E-state index is 3.83. The molecule has 2 aliphatic carbocycles. The fraction of sp³-hybridized carbons (Fsp3) is 0.667. The van der Waals surface area contributed by atoms with Crippen molar-refractivity contribution in [3.05, 3.63) is 35.9 Å². The molecule has 110 valence electrons. The third kappa shape index (κ3) is 3.24. The topological polar surface area (TPSA) is 15.3 Å². The van der Waals surface area contributed by atoms with E-state index < -0.39 is 0 Å². The van der Waals surface area contributed by atoms with E-state index in [9.17, 15) is 0 Å². The summed E-state index contributed by atoms with van der Waals surface area (Å²) in [6, 6.07) is 11.7. The van der Waals surface area contributed by atoms with Crippen molar-refractivity contribution in [2.45, 2.75) is 45.1 Å². The molecule has 2 fully saturated rings. The standard InChI is InChI=1S/C18H28N2/c1-3-20(4-2)14-18(10-11-18)13-19-17-12-16(17)15-8-6-5-7-9-15/h5-9,16-17,19H,3-4,10-14H2,1-2H3/t16?,17-/m0/s1. The zero-order chi connectivity index (χ0) is 14.0. The van der Waals surface area contributed by atoms with E-state index in [4.69, 9.17) is 0 Å². The summed E-state index contributed by atoms with van der Waals surface area (Å²) in [5.41, 5.74) is 2.11. The molecule has 2 saturated carbocycles. The monoisotopic (exact) mass is 272 g/mol. The smallest absolute Gasteiger partial charge is 0.0143 e. The first-order chi connectivity index (χ1) is 9.76. The van der Waals surface area contributed by atoms with E-state index >= 15 is 0 Å². The van der Waals surface area contributed by atoms with Crippen LogP contribution in [0.3, 0.4) is 0 Å². The Morgan fingerprint density at radius 3 is 2.45 bits per heavy atom. The summed E-state index contributed by atoms with van der Waals surface area (Å²) in [7, 11) is 0. The molecule has 0 spiro atoms. The van der Waals surface area contributed by atoms with Crippen LogP contribution >= 0.6 is 0 Å². The summed E-state index contributed by atoms with van der Waals surface area (Å²) in [5.74, 6) is 0.764. The molecular formula is C18H28N2. The van der Waals surface area contributed by atoms with Crippen LogP contribution in [0.25, 0.3) is 0 Å². The summed E-state index contributed by atoms with van der Waals surface area (Å²) >= 11 is 0. The second-order valence-corrected chi connectivity index (χ2v) is 6.70. The highest BCUT2D eigenvalue weighted by atomic mass is 15.1. The van der Waals surface area contributed by atoms with E-state index in [1.807, 2.05) is 0 Å². The summed E-state index contributed by atoms with van der Waals surface area (Å²) < 4.78 is 0. The van der Waals surface area contributed by atoms with Gasteiger partial charge < -0.3 is 10.2 Å². The van der Waals surface area contributed by atoms with Crippen molar-refractivity contribution in [2.24, 2.45) is 5.41 Å². The molecule has 2 atom stereocenters. The SMILES string of the molecule is CCN(CC)CC1(CN[C@H]2CC2c2ccccc2)CC1. The molecule has 1 unspecified atom stereocenters. The van der Waals surface area contributed by atoms with Crippen molar-refractivity contribution in [1.29, 1.82) is 0 Å². The van der Waals surface area contributed by atoms with Gasteiger partial charge in [0.25, 0.3) is 0 Å². The first-order valence-electron chi connectivity index (χ1n) is 8.27. The Morgan fingerprint density at radius 2 is 1.85 bits per heavy atom. The molecule has 2 nitrogen and oxygen atoms in total. The molecule has 0 amide bonds. The van der Waals surface area contributed by atoms with Gasteiger partial charge in [0.1, 0.15) is 0 Å². The van der Waals surface area contributed by atoms with Gasteiger partial charge >= 0.3 is 0 Å². The Morgan fingerprint density at radius 1 is 1.15 bits per heavy atom. The van der Waals surface area contributed by atoms with Crippen LogP contribution in [-0.4, -0.2) is 37.1 Å². The van der Waals surface area contributed by atoms with Gasteiger partial charge in [-0.2, -0.15) is 0 Å². The minimum atomic E-state index is 0.593. The predicted octanol–water partition coefficient (Wildman–Crippen LogP) is 3.25. The molecular weight excluding hydrogens is 244 g/mol. The second kappa shape index (κ2) is 5.87. The van der Waals surface area contributed by atoms with E-state index in [0.29, 0.717) is 5.41 Å². The van der Waals surface area contributed by atoms with Crippen molar-refractivity contribution in [1.82, 2.24) is 10.2 Å². The number of rotatable bonds is 8. The first kappa shape index (κ1) is 14.1. The molecule has 3 rings (SSSR count). The lowest BCUT2D eigenvalue weighted by Gasteiger charge is -2.25. The minimum absolute atomic E-state index is 0.593. The second-order valence-electron chi connectivity index (χ2n) is 6.70. The highest BCUT2D eigenvalue weighted by Crippen LogP contribution is 2.47. The molecule has 2 heteroatoms. The van der Waals surface area contributed by atoms with Crippen molar-refractivity contribution < 1.29 is 0 Å². The Kier molecular flexibility index (Phi) is 4.13. The lowest BCUT2D eigenvalue weighted by molar-refractivity contribution is 0.234. The van der Waals surface area contributed by atoms with Crippen LogP contribution in [0, 0.1) is 5.41 Å². The summed E-state index contributed by atoms with van der Waals surface area (Å²) in [5, 5.41) is 3.83. The quantitative estimate of drug-likeness (QED) is 0.781. The van der Waals surface area contributed by atoms with Gasteiger partial charge in [0.2, 0.25) is 0 Å². The molecule has 1 aromatic carbocycles. The van der Waals surface area contributed by atoms with Crippen LogP contribution in [-0.2, 0) is 0 Å². The van der Waals surface area contributed by atoms with Crippen LogP contribution < -0.4 is 5.32 Å². The lowest BCUT2D eigenvalue weighted by Crippen LogP contribution is -2.36. The van der Waals surface area contributed by atoms with E-state index in [0.717, 1.165) is 12.0 Å². The highest BCUT2D eigenvalue weighted by molar-refractivity contribution is 5.27. The van der Waals surface area contributed by atoms with Crippen LogP contribution in [0.1, 0.15) is 44.6 Å². The molecule has 0 radical (unpaired) electrons. The zero-order valence-corrected chi connectivity index (χ0v) is 12.9. The van der Waals surface area contributed by atoms with Gasteiger partial charge in [-0.25, -0.2) is 0 Å². The van der Waals surface area contributed by atoms with Gasteiger partial charge in [0, 0.05) is 25.0 Å². The van der Waals surface area contributed by atoms with E-state index in [2.05, 4.69) is 54.4 Å². The first-order valence-corrected chi connectivity index (χ1v) is 8.27. The summed E-state index contributed by atoms with van der Waals surface area (Å²) in [4.78, 5) is 2.58. The largest absolute Gasteiger partial charge is 0.313 e. The third-order valence-electron chi connectivity index (χ3n) is 5.17. The molecule has 0 saturated heterocycles. The van der Waals surface area contributed by atoms with Crippen LogP contribution in [0.2, 0.25) is 0 Å². The van der Waals surface area contributed by atoms with Gasteiger partial charge in [-0.15, -0.1) is 0 Å². The number of nitrogens with zero attached hydrogens (tertiary/aromatic N) is 1. The fourth-order valence-electron chi connectivity index (χ4n) is 3.33. The van der Waals surface area contributed by atoms with E-state index in [1.165, 1.54) is 51.0 Å². The fourth-order valence-corrected chi connectivity index (χ4v) is 3.33. The van der Waals surface area contributed by atoms with E-state index in [-0.39, 0.29) is 0 Å².